The second kappa shape index (κ2) is 6.02. The summed E-state index contributed by atoms with van der Waals surface area (Å²) in [6, 6.07) is 15.6. The highest BCUT2D eigenvalue weighted by molar-refractivity contribution is 6.03. The van der Waals surface area contributed by atoms with Crippen LogP contribution in [-0.4, -0.2) is 20.8 Å². The number of amides is 1. The molecule has 0 saturated carbocycles. The quantitative estimate of drug-likeness (QED) is 0.757. The van der Waals surface area contributed by atoms with Crippen LogP contribution in [0.25, 0.3) is 10.8 Å². The maximum Gasteiger partial charge on any atom is 0.274 e. The van der Waals surface area contributed by atoms with Crippen LogP contribution in [0.2, 0.25) is 0 Å². The fourth-order valence-corrected chi connectivity index (χ4v) is 2.49. The van der Waals surface area contributed by atoms with Crippen molar-refractivity contribution in [2.45, 2.75) is 12.6 Å². The number of aliphatic hydroxyl groups excluding tert-OH is 1. The van der Waals surface area contributed by atoms with Gasteiger partial charge in [-0.05, 0) is 11.6 Å². The van der Waals surface area contributed by atoms with Gasteiger partial charge >= 0.3 is 0 Å². The molecular weight excluding hydrogens is 294 g/mol. The number of carbonyl (C=O) groups is 1. The third-order valence-electron chi connectivity index (χ3n) is 3.63. The molecule has 116 valence electrons. The average molecular weight is 309 g/mol. The number of rotatable bonds is 4. The minimum absolute atomic E-state index is 0.0143. The van der Waals surface area contributed by atoms with E-state index < -0.39 is 12.0 Å². The number of carbonyl (C=O) groups excluding carboxylic acids is 1. The standard InChI is InChI=1S/C17H15N3O3/c18-16(22)15-12-8-4-5-9-13(12)17(23)20(19-15)10-14(21)11-6-2-1-3-7-11/h1-9,14,21H,10H2,(H2,18,22)/t14-/m0/s1. The smallest absolute Gasteiger partial charge is 0.274 e. The van der Waals surface area contributed by atoms with Crippen LogP contribution in [0, 0.1) is 0 Å². The molecule has 2 aromatic carbocycles. The lowest BCUT2D eigenvalue weighted by Crippen LogP contribution is -2.29. The number of fused-ring (bicyclic) bond motifs is 1. The van der Waals surface area contributed by atoms with Crippen LogP contribution in [-0.2, 0) is 6.54 Å². The van der Waals surface area contributed by atoms with Crippen molar-refractivity contribution in [1.29, 1.82) is 0 Å². The molecule has 1 heterocycles. The van der Waals surface area contributed by atoms with Gasteiger partial charge in [-0.25, -0.2) is 4.68 Å². The van der Waals surface area contributed by atoms with Gasteiger partial charge in [-0.1, -0.05) is 48.5 Å². The largest absolute Gasteiger partial charge is 0.386 e. The van der Waals surface area contributed by atoms with E-state index in [9.17, 15) is 14.7 Å². The van der Waals surface area contributed by atoms with Gasteiger partial charge in [0.25, 0.3) is 11.5 Å². The van der Waals surface area contributed by atoms with E-state index >= 15 is 0 Å². The molecule has 0 fully saturated rings. The number of benzene rings is 2. The Labute approximate surface area is 131 Å². The fraction of sp³-hybridized carbons (Fsp3) is 0.118. The molecule has 3 rings (SSSR count). The van der Waals surface area contributed by atoms with Gasteiger partial charge in [0, 0.05) is 5.39 Å². The Bertz CT molecular complexity index is 919. The van der Waals surface area contributed by atoms with Crippen LogP contribution in [0.1, 0.15) is 22.2 Å². The predicted octanol–water partition coefficient (Wildman–Crippen LogP) is 1.23. The molecule has 0 bridgehead atoms. The van der Waals surface area contributed by atoms with Gasteiger partial charge in [0.05, 0.1) is 18.0 Å². The molecule has 0 unspecified atom stereocenters. The Morgan fingerprint density at radius 2 is 1.70 bits per heavy atom. The Kier molecular flexibility index (Phi) is 3.91. The van der Waals surface area contributed by atoms with E-state index in [1.807, 2.05) is 6.07 Å². The predicted molar refractivity (Wildman–Crippen MR) is 85.9 cm³/mol. The Morgan fingerprint density at radius 1 is 1.09 bits per heavy atom. The van der Waals surface area contributed by atoms with Crippen molar-refractivity contribution in [1.82, 2.24) is 9.78 Å². The summed E-state index contributed by atoms with van der Waals surface area (Å²) in [4.78, 5) is 24.1. The fourth-order valence-electron chi connectivity index (χ4n) is 2.49. The second-order valence-corrected chi connectivity index (χ2v) is 5.17. The van der Waals surface area contributed by atoms with Crippen molar-refractivity contribution in [3.05, 3.63) is 76.2 Å². The Hall–Kier alpha value is -2.99. The molecule has 0 spiro atoms. The van der Waals surface area contributed by atoms with Crippen molar-refractivity contribution in [3.8, 4) is 0 Å². The van der Waals surface area contributed by atoms with Crippen molar-refractivity contribution < 1.29 is 9.90 Å². The van der Waals surface area contributed by atoms with Crippen LogP contribution < -0.4 is 11.3 Å². The summed E-state index contributed by atoms with van der Waals surface area (Å²) in [5, 5.41) is 15.1. The van der Waals surface area contributed by atoms with E-state index in [0.29, 0.717) is 16.3 Å². The summed E-state index contributed by atoms with van der Waals surface area (Å²) >= 11 is 0. The molecule has 6 nitrogen and oxygen atoms in total. The SMILES string of the molecule is NC(=O)c1nn(C[C@H](O)c2ccccc2)c(=O)c2ccccc12. The topological polar surface area (TPSA) is 98.2 Å². The molecule has 1 atom stereocenters. The van der Waals surface area contributed by atoms with Gasteiger partial charge in [-0.2, -0.15) is 5.10 Å². The summed E-state index contributed by atoms with van der Waals surface area (Å²) in [7, 11) is 0. The first kappa shape index (κ1) is 14.9. The van der Waals surface area contributed by atoms with E-state index in [1.54, 1.807) is 48.5 Å². The van der Waals surface area contributed by atoms with Gasteiger partial charge in [0.15, 0.2) is 5.69 Å². The lowest BCUT2D eigenvalue weighted by Gasteiger charge is -2.14. The monoisotopic (exact) mass is 309 g/mol. The lowest BCUT2D eigenvalue weighted by molar-refractivity contribution is 0.0992. The third-order valence-corrected chi connectivity index (χ3v) is 3.63. The average Bonchev–Trinajstić information content (AvgIpc) is 2.58. The summed E-state index contributed by atoms with van der Waals surface area (Å²) in [6.07, 6.45) is -0.914. The lowest BCUT2D eigenvalue weighted by atomic mass is 10.1. The number of primary amides is 1. The van der Waals surface area contributed by atoms with E-state index in [-0.39, 0.29) is 17.8 Å². The first-order chi connectivity index (χ1) is 11.1. The summed E-state index contributed by atoms with van der Waals surface area (Å²) in [5.74, 6) is -0.718. The molecule has 1 aromatic heterocycles. The Morgan fingerprint density at radius 3 is 2.35 bits per heavy atom. The van der Waals surface area contributed by atoms with E-state index in [2.05, 4.69) is 5.10 Å². The summed E-state index contributed by atoms with van der Waals surface area (Å²) in [6.45, 7) is -0.0615. The van der Waals surface area contributed by atoms with Crippen LogP contribution in [0.5, 0.6) is 0 Å². The number of hydrogen-bond donors (Lipinski definition) is 2. The molecule has 0 aliphatic rings. The molecule has 0 radical (unpaired) electrons. The highest BCUT2D eigenvalue weighted by atomic mass is 16.3. The third kappa shape index (κ3) is 2.84. The highest BCUT2D eigenvalue weighted by Gasteiger charge is 2.16. The van der Waals surface area contributed by atoms with Crippen LogP contribution >= 0.6 is 0 Å². The van der Waals surface area contributed by atoms with E-state index in [1.165, 1.54) is 0 Å². The molecule has 3 N–H and O–H groups in total. The minimum Gasteiger partial charge on any atom is -0.386 e. The van der Waals surface area contributed by atoms with Gasteiger partial charge in [-0.3, -0.25) is 9.59 Å². The molecule has 1 amide bonds. The molecule has 3 aromatic rings. The van der Waals surface area contributed by atoms with E-state index in [4.69, 9.17) is 5.73 Å². The number of nitrogens with two attached hydrogens (primary N) is 1. The van der Waals surface area contributed by atoms with Gasteiger partial charge < -0.3 is 10.8 Å². The second-order valence-electron chi connectivity index (χ2n) is 5.17. The number of aliphatic hydroxyl groups is 1. The number of hydrogen-bond acceptors (Lipinski definition) is 4. The Balaban J connectivity index is 2.09. The highest BCUT2D eigenvalue weighted by Crippen LogP contribution is 2.16. The molecule has 0 saturated heterocycles. The van der Waals surface area contributed by atoms with Crippen molar-refractivity contribution in [2.75, 3.05) is 0 Å². The number of aromatic nitrogens is 2. The molecule has 0 aliphatic carbocycles. The maximum absolute atomic E-state index is 12.5. The molecular formula is C17H15N3O3. The first-order valence-electron chi connectivity index (χ1n) is 7.10. The van der Waals surface area contributed by atoms with Crippen molar-refractivity contribution in [3.63, 3.8) is 0 Å². The molecule has 6 heteroatoms. The zero-order valence-corrected chi connectivity index (χ0v) is 12.2. The van der Waals surface area contributed by atoms with Crippen LogP contribution in [0.3, 0.4) is 0 Å². The van der Waals surface area contributed by atoms with Crippen molar-refractivity contribution in [2.24, 2.45) is 5.73 Å². The van der Waals surface area contributed by atoms with Gasteiger partial charge in [0.1, 0.15) is 0 Å². The zero-order valence-electron chi connectivity index (χ0n) is 12.2. The van der Waals surface area contributed by atoms with Crippen LogP contribution in [0.15, 0.2) is 59.4 Å². The molecule has 0 aliphatic heterocycles. The van der Waals surface area contributed by atoms with E-state index in [0.717, 1.165) is 4.68 Å². The molecule has 23 heavy (non-hydrogen) atoms. The maximum atomic E-state index is 12.5. The van der Waals surface area contributed by atoms with Gasteiger partial charge in [0.2, 0.25) is 0 Å². The summed E-state index contributed by atoms with van der Waals surface area (Å²) < 4.78 is 1.08. The normalized spacial score (nSPS) is 12.2. The zero-order chi connectivity index (χ0) is 16.4. The number of nitrogens with zero attached hydrogens (tertiary/aromatic N) is 2. The summed E-state index contributed by atoms with van der Waals surface area (Å²) in [5.41, 5.74) is 5.66. The van der Waals surface area contributed by atoms with Gasteiger partial charge in [-0.15, -0.1) is 0 Å². The first-order valence-corrected chi connectivity index (χ1v) is 7.10. The minimum atomic E-state index is -0.914. The van der Waals surface area contributed by atoms with Crippen LogP contribution in [0.4, 0.5) is 0 Å². The van der Waals surface area contributed by atoms with Crippen molar-refractivity contribution >= 4 is 16.7 Å².